The molecule has 2 rings (SSSR count). The van der Waals surface area contributed by atoms with Crippen LogP contribution in [0.25, 0.3) is 0 Å². The van der Waals surface area contributed by atoms with Gasteiger partial charge in [0.05, 0.1) is 132 Å². The Labute approximate surface area is 238 Å². The van der Waals surface area contributed by atoms with E-state index in [4.69, 9.17) is 47.4 Å². The van der Waals surface area contributed by atoms with E-state index in [1.165, 1.54) is 0 Å². The first-order valence-electron chi connectivity index (χ1n) is 12.2. The molecule has 0 aromatic rings. The van der Waals surface area contributed by atoms with E-state index in [0.29, 0.717) is 132 Å². The van der Waals surface area contributed by atoms with Crippen LogP contribution in [0.1, 0.15) is 0 Å². The summed E-state index contributed by atoms with van der Waals surface area (Å²) in [5, 5.41) is 0. The largest absolute Gasteiger partial charge is 2.00 e. The molecule has 2 heterocycles. The van der Waals surface area contributed by atoms with Gasteiger partial charge < -0.3 is 56.8 Å². The molecule has 0 amide bonds. The Morgan fingerprint density at radius 1 is 0.297 bits per heavy atom. The molecule has 0 N–H and O–H groups in total. The third kappa shape index (κ3) is 32.4. The standard InChI is InChI=1S/2C12H23O5.2FH.Sn/c2*1-12-10-16-8-6-14-4-2-13-3-5-15-7-9-17-11-12;;;/h2*12H,1-11H2;2*1H;/q;;;;+2/p-2. The molecule has 2 fully saturated rings. The van der Waals surface area contributed by atoms with Crippen molar-refractivity contribution < 1.29 is 56.8 Å². The van der Waals surface area contributed by atoms with Crippen molar-refractivity contribution in [3.05, 3.63) is 13.8 Å². The summed E-state index contributed by atoms with van der Waals surface area (Å²) in [7, 11) is 0. The van der Waals surface area contributed by atoms with Crippen LogP contribution in [-0.2, 0) is 47.4 Å². The maximum absolute atomic E-state index is 5.41. The second-order valence-electron chi connectivity index (χ2n) is 7.71. The minimum Gasteiger partial charge on any atom is -1.00 e. The number of hydrogen-bond donors (Lipinski definition) is 0. The van der Waals surface area contributed by atoms with Gasteiger partial charge in [-0.05, 0) is 13.8 Å². The Hall–Kier alpha value is 0.259. The molecule has 37 heavy (non-hydrogen) atoms. The minimum atomic E-state index is 0. The van der Waals surface area contributed by atoms with Gasteiger partial charge in [-0.15, -0.1) is 0 Å². The molecule has 10 nitrogen and oxygen atoms in total. The third-order valence-electron chi connectivity index (χ3n) is 4.39. The summed E-state index contributed by atoms with van der Waals surface area (Å²) in [6.07, 6.45) is 0. The van der Waals surface area contributed by atoms with Crippen molar-refractivity contribution in [1.29, 1.82) is 0 Å². The Bertz CT molecular complexity index is 352. The van der Waals surface area contributed by atoms with Gasteiger partial charge in [0.15, 0.2) is 0 Å². The average Bonchev–Trinajstić information content (AvgIpc) is 2.83. The zero-order chi connectivity index (χ0) is 24.4. The molecule has 0 aromatic carbocycles. The van der Waals surface area contributed by atoms with Crippen LogP contribution in [0.3, 0.4) is 0 Å². The summed E-state index contributed by atoms with van der Waals surface area (Å²) in [6.45, 7) is 19.8. The monoisotopic (exact) mass is 652 g/mol. The fraction of sp³-hybridized carbons (Fsp3) is 0.917. The third-order valence-corrected chi connectivity index (χ3v) is 4.39. The molecular formula is C24H46F2O10Sn. The summed E-state index contributed by atoms with van der Waals surface area (Å²) in [5.41, 5.74) is 0. The summed E-state index contributed by atoms with van der Waals surface area (Å²) < 4.78 is 53.6. The van der Waals surface area contributed by atoms with Crippen molar-refractivity contribution in [2.24, 2.45) is 11.8 Å². The maximum Gasteiger partial charge on any atom is 2.00 e. The Morgan fingerprint density at radius 3 is 0.595 bits per heavy atom. The average molecular weight is 651 g/mol. The molecular weight excluding hydrogens is 605 g/mol. The van der Waals surface area contributed by atoms with E-state index >= 15 is 0 Å². The first-order chi connectivity index (χ1) is 16.8. The SMILES string of the molecule is [CH2]C1COCCOCCOCCOCCOC1.[CH2]C1COCCOCCOCCOCCOC1.[F-].[F-].[Sn+2]. The van der Waals surface area contributed by atoms with Crippen molar-refractivity contribution >= 4 is 23.9 Å². The normalized spacial score (nSPS) is 22.5. The van der Waals surface area contributed by atoms with Crippen LogP contribution in [0.5, 0.6) is 0 Å². The van der Waals surface area contributed by atoms with Crippen LogP contribution in [0.2, 0.25) is 0 Å². The molecule has 0 bridgehead atoms. The van der Waals surface area contributed by atoms with Crippen LogP contribution in [0.15, 0.2) is 0 Å². The van der Waals surface area contributed by atoms with Gasteiger partial charge in [0.1, 0.15) is 0 Å². The van der Waals surface area contributed by atoms with Gasteiger partial charge >= 0.3 is 23.9 Å². The van der Waals surface area contributed by atoms with Gasteiger partial charge in [-0.2, -0.15) is 0 Å². The van der Waals surface area contributed by atoms with Crippen LogP contribution < -0.4 is 9.41 Å². The first-order valence-corrected chi connectivity index (χ1v) is 12.2. The molecule has 0 saturated carbocycles. The van der Waals surface area contributed by atoms with Gasteiger partial charge in [-0.3, -0.25) is 0 Å². The molecule has 0 atom stereocenters. The number of ether oxygens (including phenoxy) is 10. The van der Waals surface area contributed by atoms with Gasteiger partial charge in [0, 0.05) is 11.8 Å². The fourth-order valence-electron chi connectivity index (χ4n) is 2.65. The van der Waals surface area contributed by atoms with Crippen LogP contribution in [0, 0.1) is 25.7 Å². The predicted octanol–water partition coefficient (Wildman–Crippen LogP) is -5.31. The number of rotatable bonds is 0. The molecule has 0 aliphatic carbocycles. The molecule has 4 radical (unpaired) electrons. The van der Waals surface area contributed by atoms with E-state index in [-0.39, 0.29) is 45.2 Å². The Kier molecular flexibility index (Phi) is 38.7. The Morgan fingerprint density at radius 2 is 0.432 bits per heavy atom. The molecule has 2 saturated heterocycles. The van der Waals surface area contributed by atoms with Crippen molar-refractivity contribution in [2.75, 3.05) is 132 Å². The van der Waals surface area contributed by atoms with E-state index in [2.05, 4.69) is 13.8 Å². The van der Waals surface area contributed by atoms with Gasteiger partial charge in [-0.1, -0.05) is 0 Å². The summed E-state index contributed by atoms with van der Waals surface area (Å²) in [6, 6.07) is 0. The summed E-state index contributed by atoms with van der Waals surface area (Å²) >= 11 is 0. The van der Waals surface area contributed by atoms with Crippen LogP contribution in [0.4, 0.5) is 0 Å². The van der Waals surface area contributed by atoms with Crippen molar-refractivity contribution in [3.63, 3.8) is 0 Å². The van der Waals surface area contributed by atoms with Gasteiger partial charge in [-0.25, -0.2) is 0 Å². The molecule has 2 aliphatic heterocycles. The fourth-order valence-corrected chi connectivity index (χ4v) is 2.65. The maximum atomic E-state index is 5.41. The predicted molar refractivity (Wildman–Crippen MR) is 132 cm³/mol. The van der Waals surface area contributed by atoms with E-state index in [1.54, 1.807) is 0 Å². The second kappa shape index (κ2) is 34.3. The molecule has 0 aromatic heterocycles. The number of halogens is 2. The molecule has 2 aliphatic rings. The van der Waals surface area contributed by atoms with Crippen molar-refractivity contribution in [1.82, 2.24) is 0 Å². The van der Waals surface area contributed by atoms with E-state index < -0.39 is 0 Å². The Balaban J connectivity index is -0.000000578. The van der Waals surface area contributed by atoms with Crippen LogP contribution in [-0.4, -0.2) is 156 Å². The van der Waals surface area contributed by atoms with Gasteiger partial charge in [0.2, 0.25) is 0 Å². The molecule has 220 valence electrons. The zero-order valence-electron chi connectivity index (χ0n) is 22.0. The summed E-state index contributed by atoms with van der Waals surface area (Å²) in [4.78, 5) is 0. The van der Waals surface area contributed by atoms with E-state index in [9.17, 15) is 0 Å². The second-order valence-corrected chi connectivity index (χ2v) is 7.71. The van der Waals surface area contributed by atoms with Crippen molar-refractivity contribution in [3.8, 4) is 0 Å². The smallest absolute Gasteiger partial charge is 1.00 e. The number of hydrogen-bond acceptors (Lipinski definition) is 10. The minimum absolute atomic E-state index is 0. The zero-order valence-corrected chi connectivity index (χ0v) is 24.9. The topological polar surface area (TPSA) is 92.3 Å². The van der Waals surface area contributed by atoms with Crippen molar-refractivity contribution in [2.45, 2.75) is 0 Å². The van der Waals surface area contributed by atoms with E-state index in [1.807, 2.05) is 0 Å². The quantitative estimate of drug-likeness (QED) is 0.237. The molecule has 0 unspecified atom stereocenters. The summed E-state index contributed by atoms with van der Waals surface area (Å²) in [5.74, 6) is 0.317. The van der Waals surface area contributed by atoms with Crippen LogP contribution >= 0.6 is 0 Å². The molecule has 0 spiro atoms. The van der Waals surface area contributed by atoms with E-state index in [0.717, 1.165) is 0 Å². The van der Waals surface area contributed by atoms with Gasteiger partial charge in [0.25, 0.3) is 0 Å². The first kappa shape index (κ1) is 41.7. The molecule has 13 heteroatoms.